The van der Waals surface area contributed by atoms with Gasteiger partial charge in [-0.3, -0.25) is 0 Å². The number of anilines is 1. The van der Waals surface area contributed by atoms with Gasteiger partial charge in [-0.1, -0.05) is 24.3 Å². The zero-order valence-corrected chi connectivity index (χ0v) is 9.78. The van der Waals surface area contributed by atoms with Crippen molar-refractivity contribution < 1.29 is 9.90 Å². The second-order valence-electron chi connectivity index (χ2n) is 3.51. The number of carboxylic acids is 1. The number of hydrogen-bond acceptors (Lipinski definition) is 2. The van der Waals surface area contributed by atoms with Gasteiger partial charge in [0, 0.05) is 5.69 Å². The highest BCUT2D eigenvalue weighted by Gasteiger charge is 2.02. The summed E-state index contributed by atoms with van der Waals surface area (Å²) in [6, 6.07) is 14.2. The van der Waals surface area contributed by atoms with Gasteiger partial charge < -0.3 is 10.8 Å². The Balaban J connectivity index is 0.00000144. The van der Waals surface area contributed by atoms with Crippen LogP contribution in [-0.2, 0) is 0 Å². The van der Waals surface area contributed by atoms with E-state index in [9.17, 15) is 4.79 Å². The lowest BCUT2D eigenvalue weighted by Crippen LogP contribution is -1.95. The second-order valence-corrected chi connectivity index (χ2v) is 3.51. The van der Waals surface area contributed by atoms with Gasteiger partial charge in [-0.15, -0.1) is 12.4 Å². The fourth-order valence-corrected chi connectivity index (χ4v) is 1.52. The number of hydrogen-bond donors (Lipinski definition) is 2. The summed E-state index contributed by atoms with van der Waals surface area (Å²) in [4.78, 5) is 10.7. The van der Waals surface area contributed by atoms with Crippen molar-refractivity contribution in [2.24, 2.45) is 0 Å². The molecule has 4 heteroatoms. The van der Waals surface area contributed by atoms with Crippen LogP contribution in [0, 0.1) is 0 Å². The van der Waals surface area contributed by atoms with Crippen molar-refractivity contribution in [3.63, 3.8) is 0 Å². The van der Waals surface area contributed by atoms with E-state index in [4.69, 9.17) is 10.8 Å². The van der Waals surface area contributed by atoms with E-state index in [1.54, 1.807) is 24.3 Å². The molecule has 0 aliphatic heterocycles. The van der Waals surface area contributed by atoms with Gasteiger partial charge in [0.25, 0.3) is 0 Å². The third-order valence-electron chi connectivity index (χ3n) is 2.35. The quantitative estimate of drug-likeness (QED) is 0.804. The minimum absolute atomic E-state index is 0. The summed E-state index contributed by atoms with van der Waals surface area (Å²) >= 11 is 0. The molecule has 0 atom stereocenters. The van der Waals surface area contributed by atoms with Crippen LogP contribution in [0.5, 0.6) is 0 Å². The first-order valence-corrected chi connectivity index (χ1v) is 4.86. The Morgan fingerprint density at radius 2 is 1.65 bits per heavy atom. The van der Waals surface area contributed by atoms with E-state index in [0.29, 0.717) is 5.69 Å². The smallest absolute Gasteiger partial charge is 0.335 e. The van der Waals surface area contributed by atoms with Crippen LogP contribution in [0.4, 0.5) is 5.69 Å². The minimum Gasteiger partial charge on any atom is -0.478 e. The van der Waals surface area contributed by atoms with Crippen LogP contribution in [0.25, 0.3) is 11.1 Å². The van der Waals surface area contributed by atoms with Crippen molar-refractivity contribution in [1.82, 2.24) is 0 Å². The van der Waals surface area contributed by atoms with Crippen LogP contribution < -0.4 is 5.73 Å². The number of aromatic carboxylic acids is 1. The van der Waals surface area contributed by atoms with Crippen LogP contribution in [-0.4, -0.2) is 11.1 Å². The molecule has 0 bridgehead atoms. The molecule has 0 amide bonds. The molecule has 0 aliphatic carbocycles. The third-order valence-corrected chi connectivity index (χ3v) is 2.35. The summed E-state index contributed by atoms with van der Waals surface area (Å²) in [5.74, 6) is -0.917. The lowest BCUT2D eigenvalue weighted by Gasteiger charge is -2.03. The van der Waals surface area contributed by atoms with Gasteiger partial charge in [0.05, 0.1) is 5.56 Å². The lowest BCUT2D eigenvalue weighted by atomic mass is 10.0. The summed E-state index contributed by atoms with van der Waals surface area (Å²) in [7, 11) is 0. The monoisotopic (exact) mass is 249 g/mol. The third kappa shape index (κ3) is 2.98. The normalized spacial score (nSPS) is 9.41. The van der Waals surface area contributed by atoms with Gasteiger partial charge in [-0.25, -0.2) is 4.79 Å². The molecular formula is C13H12ClNO2. The fraction of sp³-hybridized carbons (Fsp3) is 0. The molecule has 2 aromatic carbocycles. The molecule has 2 aromatic rings. The van der Waals surface area contributed by atoms with Gasteiger partial charge >= 0.3 is 5.97 Å². The molecule has 2 rings (SSSR count). The number of halogens is 1. The zero-order chi connectivity index (χ0) is 11.5. The van der Waals surface area contributed by atoms with Crippen LogP contribution in [0.1, 0.15) is 10.4 Å². The Labute approximate surface area is 105 Å². The van der Waals surface area contributed by atoms with Gasteiger partial charge in [0.15, 0.2) is 0 Å². The summed E-state index contributed by atoms with van der Waals surface area (Å²) < 4.78 is 0. The van der Waals surface area contributed by atoms with Crippen LogP contribution in [0.15, 0.2) is 48.5 Å². The highest BCUT2D eigenvalue weighted by Crippen LogP contribution is 2.21. The Morgan fingerprint density at radius 1 is 1.00 bits per heavy atom. The van der Waals surface area contributed by atoms with Crippen molar-refractivity contribution in [2.45, 2.75) is 0 Å². The Bertz CT molecular complexity index is 523. The molecule has 0 saturated heterocycles. The van der Waals surface area contributed by atoms with E-state index in [1.165, 1.54) is 0 Å². The highest BCUT2D eigenvalue weighted by atomic mass is 35.5. The van der Waals surface area contributed by atoms with Crippen molar-refractivity contribution in [3.8, 4) is 11.1 Å². The summed E-state index contributed by atoms with van der Waals surface area (Å²) in [6.07, 6.45) is 0. The topological polar surface area (TPSA) is 63.3 Å². The molecular weight excluding hydrogens is 238 g/mol. The van der Waals surface area contributed by atoms with Gasteiger partial charge in [0.2, 0.25) is 0 Å². The molecule has 17 heavy (non-hydrogen) atoms. The molecule has 88 valence electrons. The standard InChI is InChI=1S/C13H11NO2.ClH/c14-12-3-1-2-11(8-12)9-4-6-10(7-5-9)13(15)16;/h1-8H,14H2,(H,15,16);1H. The Kier molecular flexibility index (Phi) is 4.12. The molecule has 0 aromatic heterocycles. The van der Waals surface area contributed by atoms with Crippen molar-refractivity contribution in [3.05, 3.63) is 54.1 Å². The Morgan fingerprint density at radius 3 is 2.18 bits per heavy atom. The molecule has 0 aliphatic rings. The van der Waals surface area contributed by atoms with E-state index in [2.05, 4.69) is 0 Å². The maximum atomic E-state index is 10.7. The second kappa shape index (κ2) is 5.37. The summed E-state index contributed by atoms with van der Waals surface area (Å²) in [5, 5.41) is 8.77. The SMILES string of the molecule is Cl.Nc1cccc(-c2ccc(C(=O)O)cc2)c1. The molecule has 0 spiro atoms. The van der Waals surface area contributed by atoms with E-state index >= 15 is 0 Å². The molecule has 0 fully saturated rings. The van der Waals surface area contributed by atoms with Crippen LogP contribution in [0.3, 0.4) is 0 Å². The number of nitrogens with two attached hydrogens (primary N) is 1. The first-order chi connectivity index (χ1) is 7.66. The van der Waals surface area contributed by atoms with E-state index in [-0.39, 0.29) is 18.0 Å². The number of nitrogen functional groups attached to an aromatic ring is 1. The average Bonchev–Trinajstić information content (AvgIpc) is 2.29. The maximum Gasteiger partial charge on any atom is 0.335 e. The fourth-order valence-electron chi connectivity index (χ4n) is 1.52. The molecule has 3 N–H and O–H groups in total. The van der Waals surface area contributed by atoms with Crippen molar-refractivity contribution >= 4 is 24.1 Å². The van der Waals surface area contributed by atoms with Gasteiger partial charge in [0.1, 0.15) is 0 Å². The molecule has 0 saturated carbocycles. The van der Waals surface area contributed by atoms with E-state index < -0.39 is 5.97 Å². The number of rotatable bonds is 2. The van der Waals surface area contributed by atoms with Crippen LogP contribution in [0.2, 0.25) is 0 Å². The largest absolute Gasteiger partial charge is 0.478 e. The Hall–Kier alpha value is -2.00. The molecule has 0 heterocycles. The predicted molar refractivity (Wildman–Crippen MR) is 70.5 cm³/mol. The molecule has 0 unspecified atom stereocenters. The van der Waals surface area contributed by atoms with Gasteiger partial charge in [-0.2, -0.15) is 0 Å². The van der Waals surface area contributed by atoms with E-state index in [0.717, 1.165) is 11.1 Å². The molecule has 3 nitrogen and oxygen atoms in total. The van der Waals surface area contributed by atoms with Crippen LogP contribution >= 0.6 is 12.4 Å². The van der Waals surface area contributed by atoms with Gasteiger partial charge in [-0.05, 0) is 35.4 Å². The molecule has 0 radical (unpaired) electrons. The highest BCUT2D eigenvalue weighted by molar-refractivity contribution is 5.88. The first kappa shape index (κ1) is 13.1. The zero-order valence-electron chi connectivity index (χ0n) is 8.96. The van der Waals surface area contributed by atoms with Crippen molar-refractivity contribution in [2.75, 3.05) is 5.73 Å². The van der Waals surface area contributed by atoms with Crippen molar-refractivity contribution in [1.29, 1.82) is 0 Å². The number of carbonyl (C=O) groups is 1. The predicted octanol–water partition coefficient (Wildman–Crippen LogP) is 3.06. The summed E-state index contributed by atoms with van der Waals surface area (Å²) in [5.41, 5.74) is 8.60. The first-order valence-electron chi connectivity index (χ1n) is 4.86. The average molecular weight is 250 g/mol. The maximum absolute atomic E-state index is 10.7. The number of carboxylic acid groups (broad SMARTS) is 1. The lowest BCUT2D eigenvalue weighted by molar-refractivity contribution is 0.0697. The summed E-state index contributed by atoms with van der Waals surface area (Å²) in [6.45, 7) is 0. The van der Waals surface area contributed by atoms with E-state index in [1.807, 2.05) is 24.3 Å². The minimum atomic E-state index is -0.917. The number of benzene rings is 2.